The van der Waals surface area contributed by atoms with E-state index in [-0.39, 0.29) is 5.91 Å². The van der Waals surface area contributed by atoms with Crippen molar-refractivity contribution in [2.75, 3.05) is 38.3 Å². The monoisotopic (exact) mass is 457 g/mol. The number of carbonyl (C=O) groups is 1. The maximum absolute atomic E-state index is 13.7. The normalized spacial score (nSPS) is 19.3. The third-order valence-corrected chi connectivity index (χ3v) is 6.06. The number of amides is 1. The lowest BCUT2D eigenvalue weighted by Crippen LogP contribution is -2.51. The molecule has 1 amide bonds. The summed E-state index contributed by atoms with van der Waals surface area (Å²) in [5.74, 6) is 0.724. The van der Waals surface area contributed by atoms with Crippen molar-refractivity contribution < 1.29 is 14.3 Å². The largest absolute Gasteiger partial charge is 0.497 e. The predicted octanol–water partition coefficient (Wildman–Crippen LogP) is 3.92. The van der Waals surface area contributed by atoms with E-state index in [4.69, 9.17) is 33.3 Å². The Labute approximate surface area is 192 Å². The summed E-state index contributed by atoms with van der Waals surface area (Å²) in [6, 6.07) is 14.7. The maximum atomic E-state index is 13.7. The fraction of sp³-hybridized carbons (Fsp3) is 0.304. The molecular formula is C23H24ClN3O3S. The molecule has 0 radical (unpaired) electrons. The molecular weight excluding hydrogens is 434 g/mol. The first kappa shape index (κ1) is 21.6. The summed E-state index contributed by atoms with van der Waals surface area (Å²) in [7, 11) is 1.63. The Hall–Kier alpha value is -2.61. The van der Waals surface area contributed by atoms with E-state index in [1.807, 2.05) is 65.3 Å². The lowest BCUT2D eigenvalue weighted by atomic mass is 9.93. The van der Waals surface area contributed by atoms with Crippen LogP contribution in [-0.4, -0.2) is 49.3 Å². The van der Waals surface area contributed by atoms with Crippen LogP contribution in [0, 0.1) is 0 Å². The van der Waals surface area contributed by atoms with Crippen LogP contribution in [0.4, 0.5) is 5.69 Å². The number of halogens is 1. The Morgan fingerprint density at radius 3 is 2.55 bits per heavy atom. The van der Waals surface area contributed by atoms with Gasteiger partial charge in [0.25, 0.3) is 5.91 Å². The molecule has 2 heterocycles. The van der Waals surface area contributed by atoms with Crippen molar-refractivity contribution in [1.82, 2.24) is 10.2 Å². The smallest absolute Gasteiger partial charge is 0.254 e. The molecule has 1 atom stereocenters. The second-order valence-electron chi connectivity index (χ2n) is 7.37. The van der Waals surface area contributed by atoms with Gasteiger partial charge in [0.1, 0.15) is 5.75 Å². The van der Waals surface area contributed by atoms with Crippen LogP contribution in [-0.2, 0) is 9.53 Å². The molecule has 1 saturated heterocycles. The number of ether oxygens (including phenoxy) is 2. The first-order valence-corrected chi connectivity index (χ1v) is 10.9. The molecule has 162 valence electrons. The van der Waals surface area contributed by atoms with Gasteiger partial charge in [-0.15, -0.1) is 0 Å². The van der Waals surface area contributed by atoms with Gasteiger partial charge in [0.05, 0.1) is 31.9 Å². The summed E-state index contributed by atoms with van der Waals surface area (Å²) < 4.78 is 10.7. The van der Waals surface area contributed by atoms with Crippen molar-refractivity contribution in [1.29, 1.82) is 0 Å². The number of methoxy groups -OCH3 is 1. The Morgan fingerprint density at radius 2 is 1.90 bits per heavy atom. The average molecular weight is 458 g/mol. The van der Waals surface area contributed by atoms with Crippen molar-refractivity contribution >= 4 is 40.5 Å². The van der Waals surface area contributed by atoms with Crippen molar-refractivity contribution in [3.05, 3.63) is 70.4 Å². The molecule has 2 aliphatic heterocycles. The predicted molar refractivity (Wildman–Crippen MR) is 125 cm³/mol. The van der Waals surface area contributed by atoms with E-state index < -0.39 is 6.04 Å². The molecule has 1 fully saturated rings. The molecule has 2 aromatic rings. The van der Waals surface area contributed by atoms with Crippen molar-refractivity contribution in [3.8, 4) is 5.75 Å². The Bertz CT molecular complexity index is 1020. The molecule has 0 spiro atoms. The second kappa shape index (κ2) is 9.26. The summed E-state index contributed by atoms with van der Waals surface area (Å²) in [4.78, 5) is 17.4. The molecule has 1 N–H and O–H groups in total. The molecule has 1 unspecified atom stereocenters. The average Bonchev–Trinajstić information content (AvgIpc) is 2.79. The molecule has 2 aliphatic rings. The summed E-state index contributed by atoms with van der Waals surface area (Å²) in [6.07, 6.45) is 0. The van der Waals surface area contributed by atoms with Gasteiger partial charge in [-0.3, -0.25) is 9.69 Å². The van der Waals surface area contributed by atoms with Crippen LogP contribution in [0.25, 0.3) is 0 Å². The van der Waals surface area contributed by atoms with Gasteiger partial charge in [0.15, 0.2) is 5.11 Å². The molecule has 2 aromatic carbocycles. The van der Waals surface area contributed by atoms with Gasteiger partial charge >= 0.3 is 0 Å². The van der Waals surface area contributed by atoms with Crippen LogP contribution in [0.15, 0.2) is 59.8 Å². The summed E-state index contributed by atoms with van der Waals surface area (Å²) in [5, 5.41) is 4.50. The van der Waals surface area contributed by atoms with E-state index in [2.05, 4.69) is 5.32 Å². The number of thiocarbonyl (C=S) groups is 1. The number of hydrogen-bond donors (Lipinski definition) is 1. The number of morpholine rings is 1. The molecule has 0 saturated carbocycles. The van der Waals surface area contributed by atoms with E-state index in [9.17, 15) is 4.79 Å². The minimum Gasteiger partial charge on any atom is -0.497 e. The summed E-state index contributed by atoms with van der Waals surface area (Å²) in [5.41, 5.74) is 3.18. The lowest BCUT2D eigenvalue weighted by Gasteiger charge is -2.40. The third kappa shape index (κ3) is 4.39. The van der Waals surface area contributed by atoms with E-state index in [1.54, 1.807) is 7.11 Å². The SMILES string of the molecule is COc1ccc(N2C(=S)NC(c3cccc(Cl)c3)C(C(=O)N3CCOCC3)=C2C)cc1. The Balaban J connectivity index is 1.80. The maximum Gasteiger partial charge on any atom is 0.254 e. The highest BCUT2D eigenvalue weighted by Crippen LogP contribution is 2.35. The number of hydrogen-bond acceptors (Lipinski definition) is 4. The molecule has 8 heteroatoms. The summed E-state index contributed by atoms with van der Waals surface area (Å²) >= 11 is 12.0. The zero-order valence-corrected chi connectivity index (χ0v) is 19.0. The molecule has 0 aliphatic carbocycles. The standard InChI is InChI=1S/C23H24ClN3O3S/c1-15-20(22(28)26-10-12-30-13-11-26)21(16-4-3-5-17(24)14-16)25-23(31)27(15)18-6-8-19(29-2)9-7-18/h3-9,14,21H,10-13H2,1-2H3,(H,25,31). The zero-order chi connectivity index (χ0) is 22.0. The van der Waals surface area contributed by atoms with Gasteiger partial charge in [0, 0.05) is 29.5 Å². The quantitative estimate of drug-likeness (QED) is 0.702. The number of allylic oxidation sites excluding steroid dienone is 1. The van der Waals surface area contributed by atoms with Crippen LogP contribution in [0.1, 0.15) is 18.5 Å². The number of nitrogens with one attached hydrogen (secondary N) is 1. The molecule has 0 bridgehead atoms. The minimum atomic E-state index is -0.393. The Morgan fingerprint density at radius 1 is 1.19 bits per heavy atom. The van der Waals surface area contributed by atoms with Gasteiger partial charge in [-0.1, -0.05) is 23.7 Å². The first-order valence-electron chi connectivity index (χ1n) is 10.1. The highest BCUT2D eigenvalue weighted by atomic mass is 35.5. The van der Waals surface area contributed by atoms with E-state index in [0.29, 0.717) is 42.0 Å². The van der Waals surface area contributed by atoms with Crippen LogP contribution >= 0.6 is 23.8 Å². The highest BCUT2D eigenvalue weighted by molar-refractivity contribution is 7.80. The number of rotatable bonds is 4. The number of anilines is 1. The van der Waals surface area contributed by atoms with Crippen LogP contribution in [0.2, 0.25) is 5.02 Å². The summed E-state index contributed by atoms with van der Waals surface area (Å²) in [6.45, 7) is 4.13. The molecule has 0 aromatic heterocycles. The van der Waals surface area contributed by atoms with E-state index in [1.165, 1.54) is 0 Å². The Kier molecular flexibility index (Phi) is 6.46. The van der Waals surface area contributed by atoms with Crippen molar-refractivity contribution in [3.63, 3.8) is 0 Å². The van der Waals surface area contributed by atoms with E-state index >= 15 is 0 Å². The number of benzene rings is 2. The van der Waals surface area contributed by atoms with Crippen LogP contribution < -0.4 is 15.0 Å². The van der Waals surface area contributed by atoms with Gasteiger partial charge < -0.3 is 19.7 Å². The molecule has 4 rings (SSSR count). The van der Waals surface area contributed by atoms with Gasteiger partial charge in [0.2, 0.25) is 0 Å². The van der Waals surface area contributed by atoms with Crippen LogP contribution in [0.5, 0.6) is 5.75 Å². The fourth-order valence-electron chi connectivity index (χ4n) is 3.94. The topological polar surface area (TPSA) is 54.0 Å². The zero-order valence-electron chi connectivity index (χ0n) is 17.4. The second-order valence-corrected chi connectivity index (χ2v) is 8.20. The molecule has 6 nitrogen and oxygen atoms in total. The highest BCUT2D eigenvalue weighted by Gasteiger charge is 2.36. The molecule has 31 heavy (non-hydrogen) atoms. The number of carbonyl (C=O) groups excluding carboxylic acids is 1. The van der Waals surface area contributed by atoms with Crippen molar-refractivity contribution in [2.24, 2.45) is 0 Å². The fourth-order valence-corrected chi connectivity index (χ4v) is 4.49. The minimum absolute atomic E-state index is 0.0284. The van der Waals surface area contributed by atoms with Gasteiger partial charge in [-0.05, 0) is 61.1 Å². The van der Waals surface area contributed by atoms with Gasteiger partial charge in [-0.25, -0.2) is 0 Å². The van der Waals surface area contributed by atoms with E-state index in [0.717, 1.165) is 22.7 Å². The lowest BCUT2D eigenvalue weighted by molar-refractivity contribution is -0.131. The number of nitrogens with zero attached hydrogens (tertiary/aromatic N) is 2. The van der Waals surface area contributed by atoms with Crippen LogP contribution in [0.3, 0.4) is 0 Å². The van der Waals surface area contributed by atoms with Gasteiger partial charge in [-0.2, -0.15) is 0 Å². The third-order valence-electron chi connectivity index (χ3n) is 5.53. The first-order chi connectivity index (χ1) is 15.0. The van der Waals surface area contributed by atoms with Crippen molar-refractivity contribution in [2.45, 2.75) is 13.0 Å².